The van der Waals surface area contributed by atoms with Gasteiger partial charge in [-0.25, -0.2) is 0 Å². The monoisotopic (exact) mass is 243 g/mol. The molecule has 0 aliphatic heterocycles. The topological polar surface area (TPSA) is 41.5 Å². The summed E-state index contributed by atoms with van der Waals surface area (Å²) in [6.45, 7) is 12.6. The molecule has 1 fully saturated rings. The third-order valence-corrected chi connectivity index (χ3v) is 3.68. The van der Waals surface area contributed by atoms with E-state index >= 15 is 0 Å². The second-order valence-corrected chi connectivity index (χ2v) is 6.73. The smallest absolute Gasteiger partial charge is 0.0897 e. The molecule has 0 spiro atoms. The minimum absolute atomic E-state index is 0.170. The van der Waals surface area contributed by atoms with E-state index in [1.165, 1.54) is 12.8 Å². The van der Waals surface area contributed by atoms with Gasteiger partial charge >= 0.3 is 0 Å². The lowest BCUT2D eigenvalue weighted by molar-refractivity contribution is -0.0481. The average Bonchev–Trinajstić information content (AvgIpc) is 2.95. The number of nitrogens with one attached hydrogen (secondary N) is 1. The lowest BCUT2D eigenvalue weighted by atomic mass is 9.92. The molecule has 0 heterocycles. The first-order valence-corrected chi connectivity index (χ1v) is 6.78. The van der Waals surface area contributed by atoms with Crippen LogP contribution in [0.1, 0.15) is 47.5 Å². The maximum Gasteiger partial charge on any atom is 0.0897 e. The van der Waals surface area contributed by atoms with Gasteiger partial charge in [0.1, 0.15) is 0 Å². The lowest BCUT2D eigenvalue weighted by Crippen LogP contribution is -2.37. The van der Waals surface area contributed by atoms with E-state index in [9.17, 15) is 5.11 Å². The molecule has 0 amide bonds. The second kappa shape index (κ2) is 5.68. The summed E-state index contributed by atoms with van der Waals surface area (Å²) >= 11 is 0. The van der Waals surface area contributed by atoms with Crippen LogP contribution >= 0.6 is 0 Å². The fraction of sp³-hybridized carbons (Fsp3) is 1.00. The highest BCUT2D eigenvalue weighted by molar-refractivity contribution is 4.97. The molecular weight excluding hydrogens is 214 g/mol. The van der Waals surface area contributed by atoms with Gasteiger partial charge < -0.3 is 15.2 Å². The Hall–Kier alpha value is -0.120. The van der Waals surface area contributed by atoms with Crippen LogP contribution in [-0.2, 0) is 4.74 Å². The molecule has 1 aliphatic carbocycles. The van der Waals surface area contributed by atoms with Gasteiger partial charge in [0.05, 0.1) is 18.3 Å². The van der Waals surface area contributed by atoms with E-state index in [2.05, 4.69) is 19.2 Å². The second-order valence-electron chi connectivity index (χ2n) is 6.73. The molecular formula is C14H29NO2. The summed E-state index contributed by atoms with van der Waals surface area (Å²) in [6.07, 6.45) is 2.25. The fourth-order valence-electron chi connectivity index (χ4n) is 2.01. The predicted molar refractivity (Wildman–Crippen MR) is 71.1 cm³/mol. The number of ether oxygens (including phenoxy) is 1. The Morgan fingerprint density at radius 2 is 1.88 bits per heavy atom. The van der Waals surface area contributed by atoms with Crippen molar-refractivity contribution >= 4 is 0 Å². The Bertz CT molecular complexity index is 229. The Balaban J connectivity index is 2.10. The highest BCUT2D eigenvalue weighted by Crippen LogP contribution is 2.51. The van der Waals surface area contributed by atoms with Crippen LogP contribution in [0, 0.1) is 11.3 Å². The number of aliphatic hydroxyl groups excluding tert-OH is 1. The van der Waals surface area contributed by atoms with E-state index in [1.54, 1.807) is 0 Å². The SMILES string of the molecule is CC(C)C1(CNCC(O)COC(C)(C)C)CC1. The number of aliphatic hydroxyl groups is 1. The molecule has 1 unspecified atom stereocenters. The highest BCUT2D eigenvalue weighted by Gasteiger charge is 2.44. The molecule has 0 aromatic rings. The van der Waals surface area contributed by atoms with Gasteiger partial charge in [-0.1, -0.05) is 13.8 Å². The zero-order chi connectivity index (χ0) is 13.1. The van der Waals surface area contributed by atoms with Crippen LogP contribution in [-0.4, -0.2) is 36.5 Å². The van der Waals surface area contributed by atoms with Crippen LogP contribution in [0.2, 0.25) is 0 Å². The lowest BCUT2D eigenvalue weighted by Gasteiger charge is -2.24. The van der Waals surface area contributed by atoms with Crippen molar-refractivity contribution in [1.29, 1.82) is 0 Å². The van der Waals surface area contributed by atoms with Gasteiger partial charge in [-0.15, -0.1) is 0 Å². The third kappa shape index (κ3) is 5.36. The van der Waals surface area contributed by atoms with Gasteiger partial charge in [-0.05, 0) is 44.9 Å². The van der Waals surface area contributed by atoms with E-state index in [4.69, 9.17) is 4.74 Å². The van der Waals surface area contributed by atoms with E-state index in [-0.39, 0.29) is 5.60 Å². The largest absolute Gasteiger partial charge is 0.389 e. The summed E-state index contributed by atoms with van der Waals surface area (Å²) in [7, 11) is 0. The summed E-state index contributed by atoms with van der Waals surface area (Å²) in [5.74, 6) is 0.734. The zero-order valence-electron chi connectivity index (χ0n) is 12.0. The first kappa shape index (κ1) is 14.9. The predicted octanol–water partition coefficient (Wildman–Crippen LogP) is 2.19. The molecule has 3 nitrogen and oxygen atoms in total. The minimum atomic E-state index is -0.405. The summed E-state index contributed by atoms with van der Waals surface area (Å²) in [5.41, 5.74) is 0.335. The van der Waals surface area contributed by atoms with E-state index in [0.29, 0.717) is 18.6 Å². The Labute approximate surface area is 106 Å². The van der Waals surface area contributed by atoms with Crippen LogP contribution < -0.4 is 5.32 Å². The zero-order valence-corrected chi connectivity index (χ0v) is 12.0. The third-order valence-electron chi connectivity index (χ3n) is 3.68. The molecule has 3 heteroatoms. The Morgan fingerprint density at radius 3 is 2.29 bits per heavy atom. The van der Waals surface area contributed by atoms with Crippen molar-refractivity contribution in [3.05, 3.63) is 0 Å². The van der Waals surface area contributed by atoms with Gasteiger partial charge in [0.25, 0.3) is 0 Å². The average molecular weight is 243 g/mol. The van der Waals surface area contributed by atoms with Crippen molar-refractivity contribution in [3.63, 3.8) is 0 Å². The van der Waals surface area contributed by atoms with Crippen molar-refractivity contribution < 1.29 is 9.84 Å². The molecule has 102 valence electrons. The Morgan fingerprint density at radius 1 is 1.29 bits per heavy atom. The van der Waals surface area contributed by atoms with Crippen molar-refractivity contribution in [2.75, 3.05) is 19.7 Å². The maximum absolute atomic E-state index is 9.78. The molecule has 0 bridgehead atoms. The van der Waals surface area contributed by atoms with Crippen LogP contribution in [0.5, 0.6) is 0 Å². The fourth-order valence-corrected chi connectivity index (χ4v) is 2.01. The van der Waals surface area contributed by atoms with Crippen molar-refractivity contribution in [1.82, 2.24) is 5.32 Å². The molecule has 0 saturated heterocycles. The van der Waals surface area contributed by atoms with E-state index in [0.717, 1.165) is 12.5 Å². The van der Waals surface area contributed by atoms with Crippen molar-refractivity contribution in [2.45, 2.75) is 59.2 Å². The van der Waals surface area contributed by atoms with E-state index < -0.39 is 6.10 Å². The Kier molecular flexibility index (Phi) is 4.99. The van der Waals surface area contributed by atoms with Crippen molar-refractivity contribution in [3.8, 4) is 0 Å². The first-order chi connectivity index (χ1) is 7.75. The number of hydrogen-bond acceptors (Lipinski definition) is 3. The maximum atomic E-state index is 9.78. The molecule has 17 heavy (non-hydrogen) atoms. The molecule has 1 aliphatic rings. The first-order valence-electron chi connectivity index (χ1n) is 6.78. The molecule has 1 saturated carbocycles. The standard InChI is InChI=1S/C14H29NO2/c1-11(2)14(6-7-14)10-15-8-12(16)9-17-13(3,4)5/h11-12,15-16H,6-10H2,1-5H3. The van der Waals surface area contributed by atoms with Gasteiger partial charge in [-0.3, -0.25) is 0 Å². The van der Waals surface area contributed by atoms with Crippen LogP contribution in [0.4, 0.5) is 0 Å². The van der Waals surface area contributed by atoms with Crippen LogP contribution in [0.25, 0.3) is 0 Å². The van der Waals surface area contributed by atoms with Crippen LogP contribution in [0.15, 0.2) is 0 Å². The molecule has 1 atom stereocenters. The molecule has 0 aromatic heterocycles. The summed E-state index contributed by atoms with van der Waals surface area (Å²) in [6, 6.07) is 0. The van der Waals surface area contributed by atoms with E-state index in [1.807, 2.05) is 20.8 Å². The summed E-state index contributed by atoms with van der Waals surface area (Å²) in [5, 5.41) is 13.2. The highest BCUT2D eigenvalue weighted by atomic mass is 16.5. The number of hydrogen-bond donors (Lipinski definition) is 2. The van der Waals surface area contributed by atoms with Crippen LogP contribution in [0.3, 0.4) is 0 Å². The van der Waals surface area contributed by atoms with Gasteiger partial charge in [0, 0.05) is 13.1 Å². The molecule has 2 N–H and O–H groups in total. The van der Waals surface area contributed by atoms with Gasteiger partial charge in [0.15, 0.2) is 0 Å². The van der Waals surface area contributed by atoms with Crippen molar-refractivity contribution in [2.24, 2.45) is 11.3 Å². The molecule has 1 rings (SSSR count). The minimum Gasteiger partial charge on any atom is -0.389 e. The molecule has 0 radical (unpaired) electrons. The quantitative estimate of drug-likeness (QED) is 0.720. The van der Waals surface area contributed by atoms with Gasteiger partial charge in [0.2, 0.25) is 0 Å². The summed E-state index contributed by atoms with van der Waals surface area (Å²) in [4.78, 5) is 0. The summed E-state index contributed by atoms with van der Waals surface area (Å²) < 4.78 is 5.55. The normalized spacial score (nSPS) is 20.6. The molecule has 0 aromatic carbocycles. The number of rotatable bonds is 7. The van der Waals surface area contributed by atoms with Gasteiger partial charge in [-0.2, -0.15) is 0 Å².